The summed E-state index contributed by atoms with van der Waals surface area (Å²) in [7, 11) is 2.37. The van der Waals surface area contributed by atoms with Crippen molar-refractivity contribution < 1.29 is 19.2 Å². The molecule has 0 fully saturated rings. The van der Waals surface area contributed by atoms with Gasteiger partial charge in [0.2, 0.25) is 5.75 Å². The molecule has 16 heavy (non-hydrogen) atoms. The third-order valence-corrected chi connectivity index (χ3v) is 1.96. The Morgan fingerprint density at radius 3 is 2.50 bits per heavy atom. The van der Waals surface area contributed by atoms with Gasteiger partial charge in [-0.1, -0.05) is 0 Å². The number of carbonyl (C=O) groups excluding carboxylic acids is 1. The number of nitrogen functional groups attached to an aromatic ring is 1. The molecule has 7 nitrogen and oxygen atoms in total. The number of hydrogen-bond acceptors (Lipinski definition) is 6. The van der Waals surface area contributed by atoms with Crippen LogP contribution in [0.2, 0.25) is 0 Å². The van der Waals surface area contributed by atoms with Crippen LogP contribution in [0.25, 0.3) is 0 Å². The second kappa shape index (κ2) is 4.47. The van der Waals surface area contributed by atoms with Crippen molar-refractivity contribution in [2.45, 2.75) is 0 Å². The van der Waals surface area contributed by atoms with E-state index >= 15 is 0 Å². The molecule has 0 saturated heterocycles. The van der Waals surface area contributed by atoms with Crippen molar-refractivity contribution in [2.24, 2.45) is 0 Å². The molecule has 0 atom stereocenters. The van der Waals surface area contributed by atoms with Crippen molar-refractivity contribution in [1.82, 2.24) is 0 Å². The lowest BCUT2D eigenvalue weighted by Crippen LogP contribution is -2.09. The fourth-order valence-electron chi connectivity index (χ4n) is 1.25. The highest BCUT2D eigenvalue weighted by Crippen LogP contribution is 2.34. The number of hydrogen-bond donors (Lipinski definition) is 1. The fraction of sp³-hybridized carbons (Fsp3) is 0.222. The summed E-state index contributed by atoms with van der Waals surface area (Å²) in [4.78, 5) is 21.4. The largest absolute Gasteiger partial charge is 0.489 e. The predicted molar refractivity (Wildman–Crippen MR) is 55.4 cm³/mol. The first kappa shape index (κ1) is 11.8. The van der Waals surface area contributed by atoms with Gasteiger partial charge < -0.3 is 15.2 Å². The van der Waals surface area contributed by atoms with Crippen molar-refractivity contribution in [2.75, 3.05) is 20.0 Å². The van der Waals surface area contributed by atoms with Crippen LogP contribution < -0.4 is 10.5 Å². The van der Waals surface area contributed by atoms with E-state index in [1.807, 2.05) is 0 Å². The molecule has 0 aromatic heterocycles. The Hall–Kier alpha value is -2.31. The zero-order valence-corrected chi connectivity index (χ0v) is 8.72. The highest BCUT2D eigenvalue weighted by Gasteiger charge is 2.25. The smallest absolute Gasteiger partial charge is 0.344 e. The summed E-state index contributed by atoms with van der Waals surface area (Å²) in [5.74, 6) is -0.977. The van der Waals surface area contributed by atoms with Gasteiger partial charge in [0.05, 0.1) is 24.8 Å². The minimum atomic E-state index is -0.780. The number of ether oxygens (including phenoxy) is 2. The number of rotatable bonds is 3. The monoisotopic (exact) mass is 226 g/mol. The van der Waals surface area contributed by atoms with E-state index in [0.29, 0.717) is 0 Å². The molecular formula is C9H10N2O5. The Kier molecular flexibility index (Phi) is 3.29. The van der Waals surface area contributed by atoms with Gasteiger partial charge in [0.1, 0.15) is 5.56 Å². The van der Waals surface area contributed by atoms with Gasteiger partial charge in [-0.15, -0.1) is 0 Å². The minimum Gasteiger partial charge on any atom is -0.489 e. The molecule has 0 aliphatic carbocycles. The Morgan fingerprint density at radius 2 is 2.06 bits per heavy atom. The maximum atomic E-state index is 11.4. The average Bonchev–Trinajstić information content (AvgIpc) is 2.26. The van der Waals surface area contributed by atoms with Crippen LogP contribution in [0.15, 0.2) is 12.1 Å². The maximum Gasteiger partial charge on any atom is 0.344 e. The molecule has 0 saturated carbocycles. The van der Waals surface area contributed by atoms with Gasteiger partial charge >= 0.3 is 11.7 Å². The van der Waals surface area contributed by atoms with E-state index in [1.54, 1.807) is 0 Å². The van der Waals surface area contributed by atoms with Crippen LogP contribution in [-0.4, -0.2) is 25.1 Å². The van der Waals surface area contributed by atoms with Gasteiger partial charge in [-0.05, 0) is 6.07 Å². The third kappa shape index (κ3) is 1.88. The van der Waals surface area contributed by atoms with E-state index < -0.39 is 10.9 Å². The molecule has 0 heterocycles. The number of esters is 1. The second-order valence-corrected chi connectivity index (χ2v) is 2.83. The van der Waals surface area contributed by atoms with E-state index in [2.05, 4.69) is 4.74 Å². The van der Waals surface area contributed by atoms with E-state index in [4.69, 9.17) is 10.5 Å². The van der Waals surface area contributed by atoms with Crippen LogP contribution in [0.3, 0.4) is 0 Å². The van der Waals surface area contributed by atoms with E-state index in [9.17, 15) is 14.9 Å². The lowest BCUT2D eigenvalue weighted by atomic mass is 10.1. The SMILES string of the molecule is COC(=O)c1c(N)ccc([N+](=O)[O-])c1OC. The normalized spacial score (nSPS) is 9.62. The molecule has 7 heteroatoms. The quantitative estimate of drug-likeness (QED) is 0.356. The zero-order chi connectivity index (χ0) is 12.3. The number of nitro benzene ring substituents is 1. The number of nitrogens with zero attached hydrogens (tertiary/aromatic N) is 1. The summed E-state index contributed by atoms with van der Waals surface area (Å²) < 4.78 is 9.29. The van der Waals surface area contributed by atoms with Gasteiger partial charge in [-0.25, -0.2) is 4.79 Å². The maximum absolute atomic E-state index is 11.4. The third-order valence-electron chi connectivity index (χ3n) is 1.96. The van der Waals surface area contributed by atoms with Crippen molar-refractivity contribution in [3.8, 4) is 5.75 Å². The standard InChI is InChI=1S/C9H10N2O5/c1-15-8-6(11(13)14)4-3-5(10)7(8)9(12)16-2/h3-4H,10H2,1-2H3. The molecule has 0 aliphatic heterocycles. The van der Waals surface area contributed by atoms with Crippen molar-refractivity contribution in [3.05, 3.63) is 27.8 Å². The molecule has 0 bridgehead atoms. The Labute approximate surface area is 90.9 Å². The topological polar surface area (TPSA) is 105 Å². The number of nitrogens with two attached hydrogens (primary N) is 1. The number of methoxy groups -OCH3 is 2. The molecule has 86 valence electrons. The first-order valence-corrected chi connectivity index (χ1v) is 4.22. The number of anilines is 1. The summed E-state index contributed by atoms with van der Waals surface area (Å²) >= 11 is 0. The van der Waals surface area contributed by atoms with Crippen molar-refractivity contribution in [1.29, 1.82) is 0 Å². The van der Waals surface area contributed by atoms with Crippen LogP contribution in [-0.2, 0) is 4.74 Å². The summed E-state index contributed by atoms with van der Waals surface area (Å²) in [6.45, 7) is 0. The number of nitro groups is 1. The predicted octanol–water partition coefficient (Wildman–Crippen LogP) is 0.972. The zero-order valence-electron chi connectivity index (χ0n) is 8.72. The lowest BCUT2D eigenvalue weighted by molar-refractivity contribution is -0.385. The first-order chi connectivity index (χ1) is 7.52. The average molecular weight is 226 g/mol. The molecule has 0 radical (unpaired) electrons. The van der Waals surface area contributed by atoms with Crippen LogP contribution in [0.1, 0.15) is 10.4 Å². The molecular weight excluding hydrogens is 216 g/mol. The number of benzene rings is 1. The number of carbonyl (C=O) groups is 1. The van der Waals surface area contributed by atoms with E-state index in [1.165, 1.54) is 19.2 Å². The van der Waals surface area contributed by atoms with Crippen LogP contribution in [0.4, 0.5) is 11.4 Å². The van der Waals surface area contributed by atoms with E-state index in [0.717, 1.165) is 7.11 Å². The highest BCUT2D eigenvalue weighted by molar-refractivity contribution is 5.99. The molecule has 0 spiro atoms. The lowest BCUT2D eigenvalue weighted by Gasteiger charge is -2.09. The van der Waals surface area contributed by atoms with Gasteiger partial charge in [0.15, 0.2) is 0 Å². The Balaban J connectivity index is 3.50. The molecule has 1 rings (SSSR count). The second-order valence-electron chi connectivity index (χ2n) is 2.83. The minimum absolute atomic E-state index is 0.0642. The fourth-order valence-corrected chi connectivity index (χ4v) is 1.25. The Morgan fingerprint density at radius 1 is 1.44 bits per heavy atom. The van der Waals surface area contributed by atoms with Gasteiger partial charge in [-0.3, -0.25) is 10.1 Å². The van der Waals surface area contributed by atoms with Gasteiger partial charge in [-0.2, -0.15) is 0 Å². The van der Waals surface area contributed by atoms with Crippen LogP contribution in [0.5, 0.6) is 5.75 Å². The van der Waals surface area contributed by atoms with E-state index in [-0.39, 0.29) is 22.7 Å². The van der Waals surface area contributed by atoms with Gasteiger partial charge in [0.25, 0.3) is 0 Å². The molecule has 0 aliphatic rings. The molecule has 1 aromatic rings. The first-order valence-electron chi connectivity index (χ1n) is 4.22. The molecule has 0 unspecified atom stereocenters. The molecule has 2 N–H and O–H groups in total. The molecule has 0 amide bonds. The summed E-state index contributed by atoms with van der Waals surface area (Å²) in [5.41, 5.74) is 5.13. The van der Waals surface area contributed by atoms with Crippen LogP contribution >= 0.6 is 0 Å². The van der Waals surface area contributed by atoms with Gasteiger partial charge in [0, 0.05) is 6.07 Å². The Bertz CT molecular complexity index is 444. The summed E-state index contributed by atoms with van der Waals surface area (Å²) in [6.07, 6.45) is 0. The van der Waals surface area contributed by atoms with Crippen LogP contribution in [0, 0.1) is 10.1 Å². The van der Waals surface area contributed by atoms with Crippen molar-refractivity contribution in [3.63, 3.8) is 0 Å². The highest BCUT2D eigenvalue weighted by atomic mass is 16.6. The summed E-state index contributed by atoms with van der Waals surface area (Å²) in [6, 6.07) is 2.42. The molecule has 1 aromatic carbocycles. The summed E-state index contributed by atoms with van der Waals surface area (Å²) in [5, 5.41) is 10.7. The van der Waals surface area contributed by atoms with Crippen molar-refractivity contribution >= 4 is 17.3 Å².